The molecule has 0 unspecified atom stereocenters. The molecule has 1 amide bonds. The van der Waals surface area contributed by atoms with Gasteiger partial charge in [0.1, 0.15) is 5.69 Å². The van der Waals surface area contributed by atoms with Crippen LogP contribution in [0.3, 0.4) is 0 Å². The average Bonchev–Trinajstić information content (AvgIpc) is 3.37. The normalized spacial score (nSPS) is 21.4. The van der Waals surface area contributed by atoms with E-state index in [0.29, 0.717) is 13.2 Å². The largest absolute Gasteiger partial charge is 0.376 e. The smallest absolute Gasteiger partial charge is 0.300 e. The van der Waals surface area contributed by atoms with E-state index in [1.54, 1.807) is 0 Å². The van der Waals surface area contributed by atoms with Crippen LogP contribution in [0.25, 0.3) is 0 Å². The van der Waals surface area contributed by atoms with Crippen LogP contribution >= 0.6 is 0 Å². The molecule has 2 aliphatic heterocycles. The van der Waals surface area contributed by atoms with Gasteiger partial charge in [-0.25, -0.2) is 0 Å². The lowest BCUT2D eigenvalue weighted by Crippen LogP contribution is -2.32. The highest BCUT2D eigenvalue weighted by atomic mass is 16.6. The summed E-state index contributed by atoms with van der Waals surface area (Å²) in [6.07, 6.45) is 3.15. The molecule has 0 spiro atoms. The van der Waals surface area contributed by atoms with E-state index in [2.05, 4.69) is 10.6 Å². The maximum atomic E-state index is 12.7. The summed E-state index contributed by atoms with van der Waals surface area (Å²) in [4.78, 5) is 33.9. The number of anilines is 1. The summed E-state index contributed by atoms with van der Waals surface area (Å²) in [5.41, 5.74) is -1.22. The minimum atomic E-state index is -0.756. The molecule has 28 heavy (non-hydrogen) atoms. The summed E-state index contributed by atoms with van der Waals surface area (Å²) in [7, 11) is 0. The van der Waals surface area contributed by atoms with E-state index < -0.39 is 27.1 Å². The number of carbonyl (C=O) groups excluding carboxylic acids is 1. The first-order valence-electron chi connectivity index (χ1n) is 9.18. The van der Waals surface area contributed by atoms with Gasteiger partial charge >= 0.3 is 0 Å². The van der Waals surface area contributed by atoms with Crippen LogP contribution in [-0.4, -0.2) is 54.3 Å². The zero-order valence-corrected chi connectivity index (χ0v) is 15.2. The van der Waals surface area contributed by atoms with Crippen molar-refractivity contribution in [2.24, 2.45) is 0 Å². The van der Waals surface area contributed by atoms with Gasteiger partial charge in [0.15, 0.2) is 0 Å². The lowest BCUT2D eigenvalue weighted by molar-refractivity contribution is -0.393. The molecule has 11 nitrogen and oxygen atoms in total. The van der Waals surface area contributed by atoms with Gasteiger partial charge in [0, 0.05) is 32.4 Å². The van der Waals surface area contributed by atoms with E-state index >= 15 is 0 Å². The van der Waals surface area contributed by atoms with Crippen LogP contribution in [0.1, 0.15) is 36.0 Å². The minimum Gasteiger partial charge on any atom is -0.376 e. The number of nitro benzene ring substituents is 2. The number of nitrogens with one attached hydrogen (secondary N) is 2. The van der Waals surface area contributed by atoms with Crippen molar-refractivity contribution in [2.75, 3.05) is 31.6 Å². The highest BCUT2D eigenvalue weighted by Crippen LogP contribution is 2.34. The number of benzene rings is 1. The van der Waals surface area contributed by atoms with Crippen LogP contribution < -0.4 is 10.6 Å². The third kappa shape index (κ3) is 4.73. The Balaban J connectivity index is 1.87. The number of hydrogen-bond acceptors (Lipinski definition) is 8. The average molecular weight is 394 g/mol. The van der Waals surface area contributed by atoms with Gasteiger partial charge in [-0.2, -0.15) is 0 Å². The molecule has 0 radical (unpaired) electrons. The molecule has 11 heteroatoms. The summed E-state index contributed by atoms with van der Waals surface area (Å²) < 4.78 is 10.9. The monoisotopic (exact) mass is 394 g/mol. The van der Waals surface area contributed by atoms with Gasteiger partial charge in [-0.15, -0.1) is 0 Å². The molecule has 2 fully saturated rings. The number of rotatable bonds is 8. The van der Waals surface area contributed by atoms with E-state index in [-0.39, 0.29) is 36.5 Å². The maximum absolute atomic E-state index is 12.7. The molecule has 1 aromatic carbocycles. The lowest BCUT2D eigenvalue weighted by Gasteiger charge is -2.16. The fourth-order valence-electron chi connectivity index (χ4n) is 3.35. The molecule has 2 heterocycles. The second-order valence-electron chi connectivity index (χ2n) is 6.76. The van der Waals surface area contributed by atoms with E-state index in [9.17, 15) is 25.0 Å². The van der Waals surface area contributed by atoms with Crippen molar-refractivity contribution in [3.63, 3.8) is 0 Å². The van der Waals surface area contributed by atoms with Crippen molar-refractivity contribution in [1.29, 1.82) is 0 Å². The van der Waals surface area contributed by atoms with Crippen LogP contribution in [0.2, 0.25) is 0 Å². The Morgan fingerprint density at radius 1 is 1.04 bits per heavy atom. The van der Waals surface area contributed by atoms with Crippen molar-refractivity contribution in [1.82, 2.24) is 5.32 Å². The molecule has 3 rings (SSSR count). The standard InChI is InChI=1S/C17H22N4O7/c22-17(19-10-13-4-2-6-28-13)14-7-11(20(23)24)8-15(21(25)26)16(14)18-9-12-3-1-5-27-12/h7-8,12-13,18H,1-6,9-10H2,(H,19,22)/t12-,13-/m0/s1. The van der Waals surface area contributed by atoms with Crippen LogP contribution in [0.15, 0.2) is 12.1 Å². The Morgan fingerprint density at radius 3 is 2.21 bits per heavy atom. The van der Waals surface area contributed by atoms with Crippen LogP contribution in [-0.2, 0) is 9.47 Å². The Morgan fingerprint density at radius 2 is 1.68 bits per heavy atom. The number of carbonyl (C=O) groups is 1. The van der Waals surface area contributed by atoms with Gasteiger partial charge in [-0.05, 0) is 25.7 Å². The van der Waals surface area contributed by atoms with Gasteiger partial charge < -0.3 is 20.1 Å². The first-order valence-corrected chi connectivity index (χ1v) is 9.18. The molecule has 0 bridgehead atoms. The molecule has 2 atom stereocenters. The highest BCUT2D eigenvalue weighted by Gasteiger charge is 2.29. The summed E-state index contributed by atoms with van der Waals surface area (Å²) in [6.45, 7) is 1.74. The molecule has 0 saturated carbocycles. The van der Waals surface area contributed by atoms with Crippen molar-refractivity contribution < 1.29 is 24.1 Å². The molecular weight excluding hydrogens is 372 g/mol. The van der Waals surface area contributed by atoms with E-state index in [1.165, 1.54) is 0 Å². The maximum Gasteiger partial charge on any atom is 0.300 e. The Kier molecular flexibility index (Phi) is 6.37. The minimum absolute atomic E-state index is 0.0454. The third-order valence-electron chi connectivity index (χ3n) is 4.80. The second kappa shape index (κ2) is 8.93. The first kappa shape index (κ1) is 20.0. The van der Waals surface area contributed by atoms with Crippen molar-refractivity contribution in [2.45, 2.75) is 37.9 Å². The van der Waals surface area contributed by atoms with Crippen molar-refractivity contribution in [3.05, 3.63) is 37.9 Å². The Labute approximate surface area is 160 Å². The molecule has 1 aromatic rings. The van der Waals surface area contributed by atoms with Crippen LogP contribution in [0.4, 0.5) is 17.1 Å². The summed E-state index contributed by atoms with van der Waals surface area (Å²) >= 11 is 0. The van der Waals surface area contributed by atoms with Crippen LogP contribution in [0.5, 0.6) is 0 Å². The van der Waals surface area contributed by atoms with Crippen molar-refractivity contribution >= 4 is 23.0 Å². The predicted molar refractivity (Wildman–Crippen MR) is 98.5 cm³/mol. The quantitative estimate of drug-likeness (QED) is 0.503. The van der Waals surface area contributed by atoms with E-state index in [1.807, 2.05) is 0 Å². The van der Waals surface area contributed by atoms with Crippen molar-refractivity contribution in [3.8, 4) is 0 Å². The topological polar surface area (TPSA) is 146 Å². The summed E-state index contributed by atoms with van der Waals surface area (Å²) in [5, 5.41) is 28.2. The third-order valence-corrected chi connectivity index (χ3v) is 4.80. The molecule has 2 saturated heterocycles. The zero-order chi connectivity index (χ0) is 20.1. The van der Waals surface area contributed by atoms with Gasteiger partial charge in [0.25, 0.3) is 17.3 Å². The SMILES string of the molecule is O=C(NC[C@@H]1CCCO1)c1cc([N+](=O)[O-])cc([N+](=O)[O-])c1NC[C@@H]1CCCO1. The first-order chi connectivity index (χ1) is 13.5. The van der Waals surface area contributed by atoms with E-state index in [4.69, 9.17) is 9.47 Å². The Hall–Kier alpha value is -2.79. The van der Waals surface area contributed by atoms with Gasteiger partial charge in [-0.3, -0.25) is 25.0 Å². The molecule has 0 aromatic heterocycles. The molecule has 2 N–H and O–H groups in total. The fraction of sp³-hybridized carbons (Fsp3) is 0.588. The Bertz CT molecular complexity index is 758. The predicted octanol–water partition coefficient (Wildman–Crippen LogP) is 2.00. The fourth-order valence-corrected chi connectivity index (χ4v) is 3.35. The number of amides is 1. The van der Waals surface area contributed by atoms with E-state index in [0.717, 1.165) is 37.8 Å². The second-order valence-corrected chi connectivity index (χ2v) is 6.76. The molecule has 0 aliphatic carbocycles. The lowest BCUT2D eigenvalue weighted by atomic mass is 10.1. The summed E-state index contributed by atoms with van der Waals surface area (Å²) in [5.74, 6) is -0.628. The number of non-ortho nitro benzene ring substituents is 1. The number of ether oxygens (including phenoxy) is 2. The molecule has 2 aliphatic rings. The molecular formula is C17H22N4O7. The zero-order valence-electron chi connectivity index (χ0n) is 15.2. The summed E-state index contributed by atoms with van der Waals surface area (Å²) in [6, 6.07) is 1.91. The number of nitro groups is 2. The van der Waals surface area contributed by atoms with Gasteiger partial charge in [0.05, 0.1) is 33.7 Å². The van der Waals surface area contributed by atoms with Crippen LogP contribution in [0, 0.1) is 20.2 Å². The number of hydrogen-bond donors (Lipinski definition) is 2. The highest BCUT2D eigenvalue weighted by molar-refractivity contribution is 6.02. The van der Waals surface area contributed by atoms with Gasteiger partial charge in [-0.1, -0.05) is 0 Å². The molecule has 152 valence electrons. The van der Waals surface area contributed by atoms with Gasteiger partial charge in [0.2, 0.25) is 0 Å². The number of nitrogens with zero attached hydrogens (tertiary/aromatic N) is 2.